The van der Waals surface area contributed by atoms with Gasteiger partial charge < -0.3 is 0 Å². The summed E-state index contributed by atoms with van der Waals surface area (Å²) >= 11 is 0. The van der Waals surface area contributed by atoms with Crippen LogP contribution in [0.3, 0.4) is 0 Å². The Kier molecular flexibility index (Phi) is 3.62. The minimum atomic E-state index is -4.82. The summed E-state index contributed by atoms with van der Waals surface area (Å²) in [6, 6.07) is 0. The Hall–Kier alpha value is 0.0200. The van der Waals surface area contributed by atoms with Crippen LogP contribution in [0, 0.1) is 0 Å². The summed E-state index contributed by atoms with van der Waals surface area (Å²) in [7, 11) is -7.14. The van der Waals surface area contributed by atoms with E-state index in [4.69, 9.17) is 4.55 Å². The van der Waals surface area contributed by atoms with Crippen LogP contribution in [0.4, 0.5) is 0 Å². The molecule has 0 aromatic rings. The second kappa shape index (κ2) is 3.61. The highest BCUT2D eigenvalue weighted by Crippen LogP contribution is 2.48. The fourth-order valence-corrected chi connectivity index (χ4v) is 1.81. The number of rotatable bonds is 4. The van der Waals surface area contributed by atoms with Gasteiger partial charge in [0.2, 0.25) is 0 Å². The summed E-state index contributed by atoms with van der Waals surface area (Å²) in [6.07, 6.45) is 0. The van der Waals surface area contributed by atoms with E-state index in [-0.39, 0.29) is 0 Å². The van der Waals surface area contributed by atoms with Crippen LogP contribution in [0.15, 0.2) is 0 Å². The first-order valence-electron chi connectivity index (χ1n) is 2.23. The lowest BCUT2D eigenvalue weighted by molar-refractivity contribution is 0.205. The Morgan fingerprint density at radius 1 is 1.27 bits per heavy atom. The topological polar surface area (TPSA) is 99.1 Å². The van der Waals surface area contributed by atoms with Gasteiger partial charge in [0, 0.05) is 14.2 Å². The van der Waals surface area contributed by atoms with Gasteiger partial charge in [0.1, 0.15) is 0 Å². The van der Waals surface area contributed by atoms with Gasteiger partial charge in [0.05, 0.1) is 0 Å². The molecular weight excluding hydrogens is 199 g/mol. The molecule has 0 atom stereocenters. The van der Waals surface area contributed by atoms with E-state index in [1.165, 1.54) is 0 Å². The third kappa shape index (κ3) is 4.46. The van der Waals surface area contributed by atoms with E-state index in [1.54, 1.807) is 0 Å². The summed E-state index contributed by atoms with van der Waals surface area (Å²) < 4.78 is 50.4. The molecular formula is C2H7O7PS. The Balaban J connectivity index is 4.47. The quantitative estimate of drug-likeness (QED) is 0.518. The first kappa shape index (κ1) is 11.0. The van der Waals surface area contributed by atoms with Crippen LogP contribution < -0.4 is 0 Å². The minimum Gasteiger partial charge on any atom is -0.289 e. The molecule has 0 spiro atoms. The second-order valence-corrected chi connectivity index (χ2v) is 4.39. The van der Waals surface area contributed by atoms with Crippen molar-refractivity contribution < 1.29 is 30.6 Å². The highest BCUT2D eigenvalue weighted by molar-refractivity contribution is 7.85. The van der Waals surface area contributed by atoms with Gasteiger partial charge in [-0.3, -0.25) is 13.6 Å². The van der Waals surface area contributed by atoms with Crippen molar-refractivity contribution in [1.82, 2.24) is 0 Å². The van der Waals surface area contributed by atoms with E-state index < -0.39 is 18.2 Å². The molecule has 0 saturated heterocycles. The molecule has 0 fully saturated rings. The van der Waals surface area contributed by atoms with E-state index >= 15 is 0 Å². The van der Waals surface area contributed by atoms with Crippen LogP contribution in [-0.2, 0) is 28.0 Å². The highest BCUT2D eigenvalue weighted by atomic mass is 32.3. The maximum atomic E-state index is 10.8. The number of hydrogen-bond donors (Lipinski definition) is 1. The molecule has 0 radical (unpaired) electrons. The second-order valence-electron chi connectivity index (χ2n) is 1.31. The molecule has 68 valence electrons. The van der Waals surface area contributed by atoms with E-state index in [2.05, 4.69) is 13.0 Å². The van der Waals surface area contributed by atoms with Gasteiger partial charge in [0.25, 0.3) is 0 Å². The van der Waals surface area contributed by atoms with Crippen molar-refractivity contribution in [2.45, 2.75) is 0 Å². The maximum absolute atomic E-state index is 10.8. The normalized spacial score (nSPS) is 13.4. The summed E-state index contributed by atoms with van der Waals surface area (Å²) in [5.41, 5.74) is 0. The summed E-state index contributed by atoms with van der Waals surface area (Å²) in [5.74, 6) is 0. The Morgan fingerprint density at radius 2 is 1.64 bits per heavy atom. The summed E-state index contributed by atoms with van der Waals surface area (Å²) in [5, 5.41) is 0. The average molecular weight is 206 g/mol. The van der Waals surface area contributed by atoms with Gasteiger partial charge in [-0.1, -0.05) is 0 Å². The van der Waals surface area contributed by atoms with Crippen molar-refractivity contribution in [3.05, 3.63) is 0 Å². The van der Waals surface area contributed by atoms with Crippen LogP contribution in [0.1, 0.15) is 0 Å². The molecule has 0 aliphatic rings. The summed E-state index contributed by atoms with van der Waals surface area (Å²) in [6.45, 7) is 0. The molecule has 0 rings (SSSR count). The Morgan fingerprint density at radius 3 is 1.73 bits per heavy atom. The molecule has 7 nitrogen and oxygen atoms in total. The van der Waals surface area contributed by atoms with Crippen molar-refractivity contribution in [3.63, 3.8) is 0 Å². The lowest BCUT2D eigenvalue weighted by Crippen LogP contribution is -2.03. The molecule has 0 bridgehead atoms. The molecule has 0 saturated carbocycles. The van der Waals surface area contributed by atoms with Crippen molar-refractivity contribution in [3.8, 4) is 0 Å². The van der Waals surface area contributed by atoms with Gasteiger partial charge in [-0.25, -0.2) is 4.57 Å². The van der Waals surface area contributed by atoms with Gasteiger partial charge in [0.15, 0.2) is 0 Å². The van der Waals surface area contributed by atoms with Crippen LogP contribution >= 0.6 is 7.82 Å². The first-order valence-corrected chi connectivity index (χ1v) is 5.06. The molecule has 0 aromatic heterocycles. The van der Waals surface area contributed by atoms with E-state index in [9.17, 15) is 13.0 Å². The van der Waals surface area contributed by atoms with Crippen LogP contribution in [0.2, 0.25) is 0 Å². The SMILES string of the molecule is COP(=O)(OC)OS(=O)(=O)O. The average Bonchev–Trinajstić information content (AvgIpc) is 1.84. The van der Waals surface area contributed by atoms with Gasteiger partial charge in [-0.2, -0.15) is 8.42 Å². The molecule has 0 aromatic carbocycles. The number of phosphoric acid groups is 1. The maximum Gasteiger partial charge on any atom is 0.490 e. The first-order chi connectivity index (χ1) is 4.83. The largest absolute Gasteiger partial charge is 0.490 e. The monoisotopic (exact) mass is 206 g/mol. The summed E-state index contributed by atoms with van der Waals surface area (Å²) in [4.78, 5) is 0. The zero-order valence-corrected chi connectivity index (χ0v) is 7.46. The van der Waals surface area contributed by atoms with E-state index in [0.717, 1.165) is 14.2 Å². The van der Waals surface area contributed by atoms with Crippen LogP contribution in [-0.4, -0.2) is 27.2 Å². The molecule has 11 heavy (non-hydrogen) atoms. The lowest BCUT2D eigenvalue weighted by Gasteiger charge is -2.09. The number of phosphoric ester groups is 1. The smallest absolute Gasteiger partial charge is 0.289 e. The molecule has 9 heteroatoms. The lowest BCUT2D eigenvalue weighted by atomic mass is 11.8. The zero-order valence-electron chi connectivity index (χ0n) is 5.75. The van der Waals surface area contributed by atoms with Crippen molar-refractivity contribution in [2.24, 2.45) is 0 Å². The van der Waals surface area contributed by atoms with Crippen LogP contribution in [0.25, 0.3) is 0 Å². The standard InChI is InChI=1S/C2H7O7PS/c1-7-10(3,8-2)9-11(4,5)6/h1-2H3,(H,4,5,6). The van der Waals surface area contributed by atoms with Gasteiger partial charge in [-0.05, 0) is 0 Å². The van der Waals surface area contributed by atoms with Gasteiger partial charge in [-0.15, -0.1) is 3.97 Å². The number of hydrogen-bond acceptors (Lipinski definition) is 6. The third-order valence-electron chi connectivity index (χ3n) is 0.633. The Bertz CT molecular complexity index is 246. The molecule has 0 heterocycles. The highest BCUT2D eigenvalue weighted by Gasteiger charge is 2.29. The molecule has 0 amide bonds. The van der Waals surface area contributed by atoms with Crippen molar-refractivity contribution in [2.75, 3.05) is 14.2 Å². The third-order valence-corrected chi connectivity index (χ3v) is 3.01. The zero-order chi connectivity index (χ0) is 9.12. The van der Waals surface area contributed by atoms with Crippen molar-refractivity contribution in [1.29, 1.82) is 0 Å². The molecule has 0 unspecified atom stereocenters. The van der Waals surface area contributed by atoms with Crippen molar-refractivity contribution >= 4 is 18.2 Å². The van der Waals surface area contributed by atoms with E-state index in [1.807, 2.05) is 0 Å². The molecule has 0 aliphatic carbocycles. The van der Waals surface area contributed by atoms with Gasteiger partial charge >= 0.3 is 18.2 Å². The predicted octanol–water partition coefficient (Wildman–Crippen LogP) is 0.207. The predicted molar refractivity (Wildman–Crippen MR) is 34.3 cm³/mol. The molecule has 1 N–H and O–H groups in total. The molecule has 0 aliphatic heterocycles. The fourth-order valence-electron chi connectivity index (χ4n) is 0.251. The van der Waals surface area contributed by atoms with Crippen LogP contribution in [0.5, 0.6) is 0 Å². The van der Waals surface area contributed by atoms with E-state index in [0.29, 0.717) is 0 Å². The minimum absolute atomic E-state index is 0.912. The fraction of sp³-hybridized carbons (Fsp3) is 1.00. The Labute approximate surface area is 63.8 Å².